The van der Waals surface area contributed by atoms with Crippen molar-refractivity contribution < 1.29 is 4.79 Å². The van der Waals surface area contributed by atoms with Gasteiger partial charge in [0.2, 0.25) is 5.91 Å². The molecule has 0 saturated heterocycles. The Bertz CT molecular complexity index is 1080. The average molecular weight is 369 g/mol. The Morgan fingerprint density at radius 1 is 1.44 bits per heavy atom. The largest absolute Gasteiger partial charge is 0.383 e. The molecule has 0 bridgehead atoms. The predicted molar refractivity (Wildman–Crippen MR) is 100 cm³/mol. The minimum atomic E-state index is -0.189. The van der Waals surface area contributed by atoms with Crippen LogP contribution in [0.25, 0.3) is 10.2 Å². The van der Waals surface area contributed by atoms with Gasteiger partial charge < -0.3 is 11.1 Å². The van der Waals surface area contributed by atoms with Crippen molar-refractivity contribution in [2.45, 2.75) is 19.3 Å². The number of carbonyl (C=O) groups excluding carboxylic acids is 1. The quantitative estimate of drug-likeness (QED) is 0.673. The van der Waals surface area contributed by atoms with Crippen LogP contribution in [-0.2, 0) is 4.79 Å². The zero-order valence-electron chi connectivity index (χ0n) is 13.3. The van der Waals surface area contributed by atoms with Crippen LogP contribution in [0.5, 0.6) is 0 Å². The van der Waals surface area contributed by atoms with Gasteiger partial charge in [-0.2, -0.15) is 5.26 Å². The van der Waals surface area contributed by atoms with E-state index in [1.165, 1.54) is 11.3 Å². The van der Waals surface area contributed by atoms with E-state index in [2.05, 4.69) is 16.4 Å². The van der Waals surface area contributed by atoms with E-state index in [0.29, 0.717) is 17.0 Å². The van der Waals surface area contributed by atoms with E-state index in [1.807, 2.05) is 31.2 Å². The van der Waals surface area contributed by atoms with Crippen molar-refractivity contribution in [3.8, 4) is 6.07 Å². The molecule has 1 amide bonds. The summed E-state index contributed by atoms with van der Waals surface area (Å²) < 4.78 is 0.870. The second-order valence-corrected chi connectivity index (χ2v) is 7.39. The number of fused-ring (bicyclic) bond motifs is 3. The number of hydrogen-bond donors (Lipinski definition) is 2. The van der Waals surface area contributed by atoms with Gasteiger partial charge in [0.15, 0.2) is 0 Å². The number of pyridine rings is 1. The van der Waals surface area contributed by atoms with E-state index < -0.39 is 0 Å². The number of nitriles is 1. The summed E-state index contributed by atoms with van der Waals surface area (Å²) in [7, 11) is 0. The molecule has 3 heterocycles. The van der Waals surface area contributed by atoms with Crippen LogP contribution in [0.1, 0.15) is 34.6 Å². The number of amides is 1. The number of halogens is 1. The molecule has 0 unspecified atom stereocenters. The Labute approximate surface area is 153 Å². The Balaban J connectivity index is 2.05. The maximum atomic E-state index is 12.2. The van der Waals surface area contributed by atoms with Gasteiger partial charge in [0.05, 0.1) is 15.8 Å². The van der Waals surface area contributed by atoms with Gasteiger partial charge in [0, 0.05) is 22.9 Å². The fraction of sp³-hybridized carbons (Fsp3) is 0.167. The van der Waals surface area contributed by atoms with Gasteiger partial charge in [-0.05, 0) is 24.1 Å². The molecule has 3 aromatic rings. The summed E-state index contributed by atoms with van der Waals surface area (Å²) in [6.45, 7) is 1.85. The first-order valence-electron chi connectivity index (χ1n) is 7.68. The van der Waals surface area contributed by atoms with Crippen molar-refractivity contribution in [1.29, 1.82) is 5.26 Å². The van der Waals surface area contributed by atoms with Crippen molar-refractivity contribution in [3.63, 3.8) is 0 Å². The van der Waals surface area contributed by atoms with E-state index >= 15 is 0 Å². The highest BCUT2D eigenvalue weighted by atomic mass is 35.5. The van der Waals surface area contributed by atoms with Crippen molar-refractivity contribution in [2.75, 3.05) is 11.1 Å². The molecule has 0 fully saturated rings. The van der Waals surface area contributed by atoms with Crippen LogP contribution < -0.4 is 11.1 Å². The number of anilines is 2. The van der Waals surface area contributed by atoms with Crippen molar-refractivity contribution >= 4 is 49.9 Å². The SMILES string of the molecule is Cc1c(C#N)c(N)nc2c3c(sc12)NC(=O)C[C@@H]3c1ccccc1Cl. The zero-order valence-corrected chi connectivity index (χ0v) is 14.8. The van der Waals surface area contributed by atoms with E-state index in [9.17, 15) is 10.1 Å². The Morgan fingerprint density at radius 3 is 2.92 bits per heavy atom. The number of nitrogens with two attached hydrogens (primary N) is 1. The minimum Gasteiger partial charge on any atom is -0.383 e. The lowest BCUT2D eigenvalue weighted by molar-refractivity contribution is -0.116. The second-order valence-electron chi connectivity index (χ2n) is 5.96. The van der Waals surface area contributed by atoms with Gasteiger partial charge in [-0.3, -0.25) is 4.79 Å². The number of hydrogen-bond acceptors (Lipinski definition) is 5. The topological polar surface area (TPSA) is 91.8 Å². The number of thiophene rings is 1. The Hall–Kier alpha value is -2.62. The van der Waals surface area contributed by atoms with Gasteiger partial charge in [0.25, 0.3) is 0 Å². The second kappa shape index (κ2) is 5.73. The van der Waals surface area contributed by atoms with E-state index in [4.69, 9.17) is 17.3 Å². The van der Waals surface area contributed by atoms with E-state index in [1.54, 1.807) is 0 Å². The fourth-order valence-corrected chi connectivity index (χ4v) is 4.82. The molecule has 1 atom stereocenters. The maximum absolute atomic E-state index is 12.2. The third kappa shape index (κ3) is 2.36. The number of aromatic nitrogens is 1. The summed E-state index contributed by atoms with van der Waals surface area (Å²) in [5.41, 5.74) is 9.71. The van der Waals surface area contributed by atoms with E-state index in [0.717, 1.165) is 31.9 Å². The number of nitrogens with one attached hydrogen (secondary N) is 1. The fourth-order valence-electron chi connectivity index (χ4n) is 3.33. The Morgan fingerprint density at radius 2 is 2.20 bits per heavy atom. The monoisotopic (exact) mass is 368 g/mol. The summed E-state index contributed by atoms with van der Waals surface area (Å²) in [5, 5.41) is 13.6. The minimum absolute atomic E-state index is 0.0601. The molecule has 2 aromatic heterocycles. The molecular weight excluding hydrogens is 356 g/mol. The van der Waals surface area contributed by atoms with Crippen LogP contribution in [0.3, 0.4) is 0 Å². The molecule has 25 heavy (non-hydrogen) atoms. The number of aryl methyl sites for hydroxylation is 1. The maximum Gasteiger partial charge on any atom is 0.225 e. The first kappa shape index (κ1) is 15.9. The molecule has 0 radical (unpaired) electrons. The predicted octanol–water partition coefficient (Wildman–Crippen LogP) is 4.19. The zero-order chi connectivity index (χ0) is 17.7. The molecule has 0 saturated carbocycles. The Kier molecular flexibility index (Phi) is 3.64. The first-order chi connectivity index (χ1) is 12.0. The molecular formula is C18H13ClN4OS. The summed E-state index contributed by atoms with van der Waals surface area (Å²) in [4.78, 5) is 16.7. The summed E-state index contributed by atoms with van der Waals surface area (Å²) >= 11 is 7.81. The average Bonchev–Trinajstić information content (AvgIpc) is 2.93. The third-order valence-electron chi connectivity index (χ3n) is 4.51. The summed E-state index contributed by atoms with van der Waals surface area (Å²) in [5.74, 6) is -0.0385. The standard InChI is InChI=1S/C18H13ClN4OS/c1-8-11(7-20)17(21)23-15-14-10(9-4-2-3-5-12(9)19)6-13(24)22-18(14)25-16(8)15/h2-5,10H,6H2,1H3,(H2,21,23)(H,22,24)/t10-/m1/s1. The van der Waals surface area contributed by atoms with Gasteiger partial charge >= 0.3 is 0 Å². The van der Waals surface area contributed by atoms with Crippen LogP contribution in [0.15, 0.2) is 24.3 Å². The molecule has 0 spiro atoms. The molecule has 1 aliphatic rings. The molecule has 124 valence electrons. The first-order valence-corrected chi connectivity index (χ1v) is 8.87. The highest BCUT2D eigenvalue weighted by Gasteiger charge is 2.33. The molecule has 3 N–H and O–H groups in total. The number of rotatable bonds is 1. The highest BCUT2D eigenvalue weighted by molar-refractivity contribution is 7.23. The number of carbonyl (C=O) groups is 1. The number of nitrogens with zero attached hydrogens (tertiary/aromatic N) is 2. The lowest BCUT2D eigenvalue weighted by Gasteiger charge is -2.24. The van der Waals surface area contributed by atoms with E-state index in [-0.39, 0.29) is 17.6 Å². The normalized spacial score (nSPS) is 16.4. The van der Waals surface area contributed by atoms with Gasteiger partial charge in [0.1, 0.15) is 16.9 Å². The van der Waals surface area contributed by atoms with Crippen LogP contribution in [-0.4, -0.2) is 10.9 Å². The number of nitrogen functional groups attached to an aromatic ring is 1. The molecule has 4 rings (SSSR count). The molecule has 1 aliphatic heterocycles. The van der Waals surface area contributed by atoms with Crippen molar-refractivity contribution in [3.05, 3.63) is 51.5 Å². The van der Waals surface area contributed by atoms with Crippen molar-refractivity contribution in [2.24, 2.45) is 0 Å². The van der Waals surface area contributed by atoms with Crippen LogP contribution in [0, 0.1) is 18.3 Å². The molecule has 5 nitrogen and oxygen atoms in total. The van der Waals surface area contributed by atoms with Gasteiger partial charge in [-0.25, -0.2) is 4.98 Å². The highest BCUT2D eigenvalue weighted by Crippen LogP contribution is 2.48. The summed E-state index contributed by atoms with van der Waals surface area (Å²) in [6.07, 6.45) is 0.295. The van der Waals surface area contributed by atoms with Crippen LogP contribution in [0.4, 0.5) is 10.8 Å². The van der Waals surface area contributed by atoms with Crippen molar-refractivity contribution in [1.82, 2.24) is 4.98 Å². The molecule has 0 aliphatic carbocycles. The summed E-state index contributed by atoms with van der Waals surface area (Å²) in [6, 6.07) is 9.62. The molecule has 7 heteroatoms. The lowest BCUT2D eigenvalue weighted by Crippen LogP contribution is -2.22. The number of benzene rings is 1. The lowest BCUT2D eigenvalue weighted by atomic mass is 9.86. The van der Waals surface area contributed by atoms with Gasteiger partial charge in [-0.15, -0.1) is 11.3 Å². The smallest absolute Gasteiger partial charge is 0.225 e. The van der Waals surface area contributed by atoms with Crippen LogP contribution >= 0.6 is 22.9 Å². The van der Waals surface area contributed by atoms with Crippen LogP contribution in [0.2, 0.25) is 5.02 Å². The molecule has 1 aromatic carbocycles. The van der Waals surface area contributed by atoms with Gasteiger partial charge in [-0.1, -0.05) is 29.8 Å². The third-order valence-corrected chi connectivity index (χ3v) is 6.08.